The van der Waals surface area contributed by atoms with Gasteiger partial charge in [-0.05, 0) is 23.4 Å². The third kappa shape index (κ3) is 1.50. The van der Waals surface area contributed by atoms with Crippen LogP contribution in [0.1, 0.15) is 10.4 Å². The van der Waals surface area contributed by atoms with Gasteiger partial charge in [-0.15, -0.1) is 11.3 Å². The number of carbonyl (C=O) groups excluding carboxylic acids is 1. The van der Waals surface area contributed by atoms with Gasteiger partial charge in [0.15, 0.2) is 0 Å². The van der Waals surface area contributed by atoms with E-state index in [1.54, 1.807) is 11.3 Å². The molecule has 0 radical (unpaired) electrons. The number of hydrogen-bond acceptors (Lipinski definition) is 2. The van der Waals surface area contributed by atoms with E-state index in [1.807, 2.05) is 27.5 Å². The predicted octanol–water partition coefficient (Wildman–Crippen LogP) is 2.66. The summed E-state index contributed by atoms with van der Waals surface area (Å²) in [5, 5.41) is 2.10. The van der Waals surface area contributed by atoms with Gasteiger partial charge in [0.2, 0.25) is 0 Å². The van der Waals surface area contributed by atoms with E-state index in [4.69, 9.17) is 0 Å². The number of halogens is 1. The zero-order valence-corrected chi connectivity index (χ0v) is 9.39. The molecule has 0 unspecified atom stereocenters. The first-order valence-electron chi connectivity index (χ1n) is 3.77. The summed E-state index contributed by atoms with van der Waals surface area (Å²) in [4.78, 5) is 14.4. The van der Waals surface area contributed by atoms with Crippen LogP contribution in [0.25, 0.3) is 0 Å². The van der Waals surface area contributed by atoms with Crippen LogP contribution >= 0.6 is 33.9 Å². The van der Waals surface area contributed by atoms with E-state index in [-0.39, 0.29) is 3.91 Å². The van der Waals surface area contributed by atoms with Crippen molar-refractivity contribution in [1.29, 1.82) is 0 Å². The molecule has 0 bridgehead atoms. The molecule has 0 N–H and O–H groups in total. The molecular formula is C8H8INOS. The highest BCUT2D eigenvalue weighted by Gasteiger charge is 2.19. The number of carbonyl (C=O) groups is 1. The van der Waals surface area contributed by atoms with Gasteiger partial charge in [-0.25, -0.2) is 0 Å². The fourth-order valence-electron chi connectivity index (χ4n) is 1.40. The van der Waals surface area contributed by atoms with E-state index >= 15 is 0 Å². The standard InChI is InChI=1S/C8H8INOS/c9-8(11)10-3-1-7-6(5-10)2-4-12-7/h2,4H,1,3,5H2. The van der Waals surface area contributed by atoms with Gasteiger partial charge >= 0.3 is 0 Å². The molecule has 0 spiro atoms. The minimum Gasteiger partial charge on any atom is -0.329 e. The van der Waals surface area contributed by atoms with Crippen molar-refractivity contribution in [1.82, 2.24) is 4.90 Å². The maximum Gasteiger partial charge on any atom is 0.283 e. The Morgan fingerprint density at radius 3 is 3.25 bits per heavy atom. The number of fused-ring (bicyclic) bond motifs is 1. The van der Waals surface area contributed by atoms with Crippen molar-refractivity contribution in [3.05, 3.63) is 21.9 Å². The molecule has 1 aromatic heterocycles. The fourth-order valence-corrected chi connectivity index (χ4v) is 2.70. The number of rotatable bonds is 0. The number of hydrogen-bond donors (Lipinski definition) is 0. The molecule has 1 aliphatic rings. The molecule has 0 aliphatic carbocycles. The molecule has 1 aromatic rings. The van der Waals surface area contributed by atoms with Crippen LogP contribution in [0.3, 0.4) is 0 Å². The van der Waals surface area contributed by atoms with Crippen molar-refractivity contribution < 1.29 is 4.79 Å². The van der Waals surface area contributed by atoms with Gasteiger partial charge in [0.1, 0.15) is 0 Å². The van der Waals surface area contributed by atoms with Gasteiger partial charge in [-0.3, -0.25) is 4.79 Å². The molecule has 12 heavy (non-hydrogen) atoms. The minimum atomic E-state index is 0.157. The average molecular weight is 293 g/mol. The average Bonchev–Trinajstić information content (AvgIpc) is 2.49. The van der Waals surface area contributed by atoms with Crippen molar-refractivity contribution in [3.8, 4) is 0 Å². The van der Waals surface area contributed by atoms with Crippen molar-refractivity contribution in [2.24, 2.45) is 0 Å². The summed E-state index contributed by atoms with van der Waals surface area (Å²) in [5.41, 5.74) is 1.33. The summed E-state index contributed by atoms with van der Waals surface area (Å²) < 4.78 is 0.157. The Balaban J connectivity index is 2.20. The van der Waals surface area contributed by atoms with Crippen molar-refractivity contribution in [2.75, 3.05) is 6.54 Å². The molecular weight excluding hydrogens is 285 g/mol. The molecule has 0 saturated carbocycles. The molecule has 0 fully saturated rings. The van der Waals surface area contributed by atoms with Crippen LogP contribution in [0.2, 0.25) is 0 Å². The zero-order chi connectivity index (χ0) is 8.55. The highest BCUT2D eigenvalue weighted by atomic mass is 127. The first kappa shape index (κ1) is 8.50. The van der Waals surface area contributed by atoms with Crippen LogP contribution in [-0.2, 0) is 13.0 Å². The molecule has 0 atom stereocenters. The molecule has 2 rings (SSSR count). The van der Waals surface area contributed by atoms with Crippen LogP contribution in [0, 0.1) is 0 Å². The van der Waals surface area contributed by atoms with E-state index < -0.39 is 0 Å². The Labute approximate surface area is 88.7 Å². The number of nitrogens with zero attached hydrogens (tertiary/aromatic N) is 1. The summed E-state index contributed by atoms with van der Waals surface area (Å²) in [5.74, 6) is 0. The van der Waals surface area contributed by atoms with E-state index in [9.17, 15) is 4.79 Å². The Morgan fingerprint density at radius 2 is 2.50 bits per heavy atom. The molecule has 1 aliphatic heterocycles. The summed E-state index contributed by atoms with van der Waals surface area (Å²) in [7, 11) is 0. The quantitative estimate of drug-likeness (QED) is 0.409. The molecule has 0 saturated heterocycles. The van der Waals surface area contributed by atoms with E-state index in [0.717, 1.165) is 19.5 Å². The maximum atomic E-state index is 11.0. The Morgan fingerprint density at radius 1 is 1.67 bits per heavy atom. The van der Waals surface area contributed by atoms with Crippen molar-refractivity contribution >= 4 is 37.8 Å². The van der Waals surface area contributed by atoms with Crippen LogP contribution in [0.4, 0.5) is 4.79 Å². The summed E-state index contributed by atoms with van der Waals surface area (Å²) in [6.07, 6.45) is 1.03. The zero-order valence-electron chi connectivity index (χ0n) is 6.42. The molecule has 4 heteroatoms. The Kier molecular flexibility index (Phi) is 2.36. The van der Waals surface area contributed by atoms with Gasteiger partial charge in [0.05, 0.1) is 0 Å². The lowest BCUT2D eigenvalue weighted by Gasteiger charge is -2.24. The molecule has 2 heterocycles. The van der Waals surface area contributed by atoms with E-state index in [0.29, 0.717) is 0 Å². The smallest absolute Gasteiger partial charge is 0.283 e. The SMILES string of the molecule is O=C(I)N1CCc2sccc2C1. The molecule has 2 nitrogen and oxygen atoms in total. The summed E-state index contributed by atoms with van der Waals surface area (Å²) in [6, 6.07) is 2.12. The highest BCUT2D eigenvalue weighted by Crippen LogP contribution is 2.24. The summed E-state index contributed by atoms with van der Waals surface area (Å²) in [6.45, 7) is 1.69. The van der Waals surface area contributed by atoms with Gasteiger partial charge in [-0.1, -0.05) is 0 Å². The topological polar surface area (TPSA) is 20.3 Å². The van der Waals surface area contributed by atoms with Gasteiger partial charge in [0.25, 0.3) is 3.91 Å². The van der Waals surface area contributed by atoms with Crippen molar-refractivity contribution in [3.63, 3.8) is 0 Å². The van der Waals surface area contributed by atoms with Crippen LogP contribution in [0.15, 0.2) is 11.4 Å². The normalized spacial score (nSPS) is 15.9. The second kappa shape index (κ2) is 3.33. The largest absolute Gasteiger partial charge is 0.329 e. The first-order valence-corrected chi connectivity index (χ1v) is 5.73. The van der Waals surface area contributed by atoms with Gasteiger partial charge in [-0.2, -0.15) is 0 Å². The fraction of sp³-hybridized carbons (Fsp3) is 0.375. The van der Waals surface area contributed by atoms with Gasteiger partial charge in [0, 0.05) is 40.6 Å². The lowest BCUT2D eigenvalue weighted by atomic mass is 10.1. The molecule has 0 aromatic carbocycles. The molecule has 1 amide bonds. The van der Waals surface area contributed by atoms with Crippen LogP contribution < -0.4 is 0 Å². The van der Waals surface area contributed by atoms with Crippen LogP contribution in [0.5, 0.6) is 0 Å². The van der Waals surface area contributed by atoms with E-state index in [2.05, 4.69) is 11.4 Å². The lowest BCUT2D eigenvalue weighted by molar-refractivity contribution is 0.221. The monoisotopic (exact) mass is 293 g/mol. The summed E-state index contributed by atoms with van der Waals surface area (Å²) >= 11 is 3.65. The van der Waals surface area contributed by atoms with Crippen molar-refractivity contribution in [2.45, 2.75) is 13.0 Å². The number of thiophene rings is 1. The predicted molar refractivity (Wildman–Crippen MR) is 57.8 cm³/mol. The number of amides is 1. The Bertz CT molecular complexity index is 310. The first-order chi connectivity index (χ1) is 5.77. The van der Waals surface area contributed by atoms with Crippen LogP contribution in [-0.4, -0.2) is 15.4 Å². The second-order valence-corrected chi connectivity index (χ2v) is 4.72. The Hall–Kier alpha value is -0.100. The second-order valence-electron chi connectivity index (χ2n) is 2.79. The highest BCUT2D eigenvalue weighted by molar-refractivity contribution is 14.1. The van der Waals surface area contributed by atoms with E-state index in [1.165, 1.54) is 10.4 Å². The third-order valence-corrected chi connectivity index (χ3v) is 3.76. The third-order valence-electron chi connectivity index (χ3n) is 2.06. The molecule has 64 valence electrons. The van der Waals surface area contributed by atoms with Gasteiger partial charge < -0.3 is 4.90 Å². The minimum absolute atomic E-state index is 0.157. The maximum absolute atomic E-state index is 11.0. The lowest BCUT2D eigenvalue weighted by Crippen LogP contribution is -2.31.